The van der Waals surface area contributed by atoms with Crippen LogP contribution in [0.25, 0.3) is 0 Å². The average Bonchev–Trinajstić information content (AvgIpc) is 3.38. The number of carbonyl (C=O) groups excluding carboxylic acids is 2. The first-order chi connectivity index (χ1) is 13.4. The van der Waals surface area contributed by atoms with Gasteiger partial charge in [-0.25, -0.2) is 13.1 Å². The van der Waals surface area contributed by atoms with Gasteiger partial charge in [0, 0.05) is 24.7 Å². The molecule has 146 valence electrons. The third kappa shape index (κ3) is 3.93. The van der Waals surface area contributed by atoms with E-state index in [1.54, 1.807) is 41.3 Å². The van der Waals surface area contributed by atoms with Gasteiger partial charge in [0.25, 0.3) is 5.91 Å². The van der Waals surface area contributed by atoms with Crippen molar-refractivity contribution < 1.29 is 18.0 Å². The molecule has 1 heterocycles. The summed E-state index contributed by atoms with van der Waals surface area (Å²) in [6, 6.07) is 13.1. The van der Waals surface area contributed by atoms with Gasteiger partial charge in [0.2, 0.25) is 15.9 Å². The van der Waals surface area contributed by atoms with Crippen molar-refractivity contribution in [2.75, 3.05) is 16.8 Å². The van der Waals surface area contributed by atoms with Crippen molar-refractivity contribution in [3.8, 4) is 0 Å². The summed E-state index contributed by atoms with van der Waals surface area (Å²) in [7, 11) is -3.60. The molecule has 0 atom stereocenters. The minimum absolute atomic E-state index is 0.000471. The summed E-state index contributed by atoms with van der Waals surface area (Å²) in [5.41, 5.74) is 1.33. The molecule has 1 aliphatic heterocycles. The van der Waals surface area contributed by atoms with Gasteiger partial charge in [0.1, 0.15) is 0 Å². The van der Waals surface area contributed by atoms with Crippen molar-refractivity contribution in [2.45, 2.75) is 36.6 Å². The maximum atomic E-state index is 12.8. The van der Waals surface area contributed by atoms with Crippen molar-refractivity contribution in [3.05, 3.63) is 54.1 Å². The number of amides is 2. The van der Waals surface area contributed by atoms with Crippen LogP contribution >= 0.6 is 0 Å². The molecule has 2 N–H and O–H groups in total. The van der Waals surface area contributed by atoms with E-state index in [-0.39, 0.29) is 22.8 Å². The van der Waals surface area contributed by atoms with E-state index in [2.05, 4.69) is 10.0 Å². The third-order valence-electron chi connectivity index (χ3n) is 4.81. The van der Waals surface area contributed by atoms with Crippen molar-refractivity contribution >= 4 is 33.2 Å². The van der Waals surface area contributed by atoms with Crippen LogP contribution in [0.15, 0.2) is 53.4 Å². The Morgan fingerprint density at radius 1 is 1.07 bits per heavy atom. The van der Waals surface area contributed by atoms with Gasteiger partial charge in [-0.15, -0.1) is 0 Å². The molecule has 1 saturated carbocycles. The number of sulfonamides is 1. The van der Waals surface area contributed by atoms with Crippen LogP contribution in [-0.4, -0.2) is 32.8 Å². The Labute approximate surface area is 163 Å². The first-order valence-corrected chi connectivity index (χ1v) is 10.8. The second kappa shape index (κ2) is 7.37. The van der Waals surface area contributed by atoms with E-state index in [0.717, 1.165) is 19.3 Å². The fourth-order valence-corrected chi connectivity index (χ4v) is 4.58. The lowest BCUT2D eigenvalue weighted by Crippen LogP contribution is -2.27. The lowest BCUT2D eigenvalue weighted by molar-refractivity contribution is -0.117. The van der Waals surface area contributed by atoms with Crippen LogP contribution in [0, 0.1) is 0 Å². The molecule has 0 unspecified atom stereocenters. The molecule has 0 spiro atoms. The van der Waals surface area contributed by atoms with E-state index in [1.165, 1.54) is 12.1 Å². The Balaban J connectivity index is 1.56. The number of benzene rings is 2. The molecular weight excluding hydrogens is 378 g/mol. The van der Waals surface area contributed by atoms with E-state index < -0.39 is 10.0 Å². The third-order valence-corrected chi connectivity index (χ3v) is 6.33. The second-order valence-corrected chi connectivity index (χ2v) is 8.76. The molecule has 2 fully saturated rings. The molecule has 28 heavy (non-hydrogen) atoms. The van der Waals surface area contributed by atoms with Crippen molar-refractivity contribution in [1.82, 2.24) is 4.72 Å². The van der Waals surface area contributed by atoms with Gasteiger partial charge < -0.3 is 10.2 Å². The molecule has 2 aromatic carbocycles. The summed E-state index contributed by atoms with van der Waals surface area (Å²) in [6.07, 6.45) is 2.94. The van der Waals surface area contributed by atoms with Gasteiger partial charge in [0.15, 0.2) is 0 Å². The van der Waals surface area contributed by atoms with Crippen LogP contribution in [0.1, 0.15) is 36.0 Å². The highest BCUT2D eigenvalue weighted by Crippen LogP contribution is 2.27. The zero-order valence-electron chi connectivity index (χ0n) is 15.2. The lowest BCUT2D eigenvalue weighted by Gasteiger charge is -2.19. The number of hydrogen-bond donors (Lipinski definition) is 2. The van der Waals surface area contributed by atoms with Gasteiger partial charge in [-0.05, 0) is 49.6 Å². The van der Waals surface area contributed by atoms with Crippen molar-refractivity contribution in [2.24, 2.45) is 0 Å². The summed E-state index contributed by atoms with van der Waals surface area (Å²) < 4.78 is 27.4. The largest absolute Gasteiger partial charge is 0.322 e. The van der Waals surface area contributed by atoms with Crippen molar-refractivity contribution in [3.63, 3.8) is 0 Å². The van der Waals surface area contributed by atoms with Gasteiger partial charge in [-0.3, -0.25) is 9.59 Å². The standard InChI is InChI=1S/C20H21N3O4S/c24-19-9-4-12-23(19)18-8-2-1-7-17(18)20(25)21-15-5-3-6-16(13-15)28(26,27)22-14-10-11-14/h1-3,5-8,13-14,22H,4,9-12H2,(H,21,25). The monoisotopic (exact) mass is 399 g/mol. The minimum atomic E-state index is -3.60. The van der Waals surface area contributed by atoms with Crippen LogP contribution < -0.4 is 14.9 Å². The molecule has 2 aromatic rings. The maximum absolute atomic E-state index is 12.8. The van der Waals surface area contributed by atoms with Crippen LogP contribution in [-0.2, 0) is 14.8 Å². The number of hydrogen-bond acceptors (Lipinski definition) is 4. The molecule has 4 rings (SSSR count). The van der Waals surface area contributed by atoms with Crippen LogP contribution in [0.5, 0.6) is 0 Å². The Morgan fingerprint density at radius 2 is 1.86 bits per heavy atom. The van der Waals surface area contributed by atoms with Crippen molar-refractivity contribution in [1.29, 1.82) is 0 Å². The second-order valence-electron chi connectivity index (χ2n) is 7.04. The highest BCUT2D eigenvalue weighted by molar-refractivity contribution is 7.89. The summed E-state index contributed by atoms with van der Waals surface area (Å²) in [5.74, 6) is -0.389. The maximum Gasteiger partial charge on any atom is 0.257 e. The topological polar surface area (TPSA) is 95.6 Å². The van der Waals surface area contributed by atoms with E-state index in [1.807, 2.05) is 0 Å². The molecule has 0 bridgehead atoms. The first kappa shape index (κ1) is 18.6. The van der Waals surface area contributed by atoms with Crippen LogP contribution in [0.4, 0.5) is 11.4 Å². The number of para-hydroxylation sites is 1. The average molecular weight is 399 g/mol. The Bertz CT molecular complexity index is 1030. The Morgan fingerprint density at radius 3 is 2.57 bits per heavy atom. The number of nitrogens with one attached hydrogen (secondary N) is 2. The lowest BCUT2D eigenvalue weighted by atomic mass is 10.1. The summed E-state index contributed by atoms with van der Waals surface area (Å²) in [6.45, 7) is 0.587. The molecule has 2 aliphatic rings. The summed E-state index contributed by atoms with van der Waals surface area (Å²) >= 11 is 0. The van der Waals surface area contributed by atoms with Gasteiger partial charge >= 0.3 is 0 Å². The molecule has 2 amide bonds. The van der Waals surface area contributed by atoms with E-state index in [0.29, 0.717) is 29.9 Å². The Kier molecular flexibility index (Phi) is 4.91. The summed E-state index contributed by atoms with van der Waals surface area (Å²) in [4.78, 5) is 26.6. The SMILES string of the molecule is O=C(Nc1cccc(S(=O)(=O)NC2CC2)c1)c1ccccc1N1CCCC1=O. The smallest absolute Gasteiger partial charge is 0.257 e. The molecule has 1 saturated heterocycles. The van der Waals surface area contributed by atoms with Crippen LogP contribution in [0.2, 0.25) is 0 Å². The molecule has 0 radical (unpaired) electrons. The fourth-order valence-electron chi connectivity index (χ4n) is 3.23. The highest BCUT2D eigenvalue weighted by atomic mass is 32.2. The van der Waals surface area contributed by atoms with Gasteiger partial charge in [-0.2, -0.15) is 0 Å². The van der Waals surface area contributed by atoms with Gasteiger partial charge in [0.05, 0.1) is 16.1 Å². The zero-order chi connectivity index (χ0) is 19.7. The highest BCUT2D eigenvalue weighted by Gasteiger charge is 2.28. The predicted molar refractivity (Wildman–Crippen MR) is 106 cm³/mol. The number of nitrogens with zero attached hydrogens (tertiary/aromatic N) is 1. The number of rotatable bonds is 6. The normalized spacial score (nSPS) is 17.0. The van der Waals surface area contributed by atoms with Gasteiger partial charge in [-0.1, -0.05) is 18.2 Å². The van der Waals surface area contributed by atoms with E-state index >= 15 is 0 Å². The molecule has 0 aromatic heterocycles. The first-order valence-electron chi connectivity index (χ1n) is 9.27. The molecule has 8 heteroatoms. The molecular formula is C20H21N3O4S. The van der Waals surface area contributed by atoms with E-state index in [4.69, 9.17) is 0 Å². The Hall–Kier alpha value is -2.71. The summed E-state index contributed by atoms with van der Waals surface area (Å²) in [5, 5.41) is 2.75. The van der Waals surface area contributed by atoms with E-state index in [9.17, 15) is 18.0 Å². The number of anilines is 2. The predicted octanol–water partition coefficient (Wildman–Crippen LogP) is 2.51. The minimum Gasteiger partial charge on any atom is -0.322 e. The molecule has 7 nitrogen and oxygen atoms in total. The molecule has 1 aliphatic carbocycles. The zero-order valence-corrected chi connectivity index (χ0v) is 16.0. The number of carbonyl (C=O) groups is 2. The quantitative estimate of drug-likeness (QED) is 0.780. The van der Waals surface area contributed by atoms with Crippen LogP contribution in [0.3, 0.4) is 0 Å². The fraction of sp³-hybridized carbons (Fsp3) is 0.300.